The Balaban J connectivity index is 2.10. The van der Waals surface area contributed by atoms with E-state index in [-0.39, 0.29) is 24.5 Å². The van der Waals surface area contributed by atoms with Gasteiger partial charge in [-0.1, -0.05) is 23.2 Å². The van der Waals surface area contributed by atoms with Crippen LogP contribution < -0.4 is 15.7 Å². The molecule has 1 aromatic heterocycles. The normalized spacial score (nSPS) is 10.3. The van der Waals surface area contributed by atoms with Gasteiger partial charge in [0.05, 0.1) is 10.0 Å². The fraction of sp³-hybridized carbons (Fsp3) is 0.154. The Bertz CT molecular complexity index is 702. The zero-order chi connectivity index (χ0) is 16.1. The Kier molecular flexibility index (Phi) is 5.24. The van der Waals surface area contributed by atoms with Gasteiger partial charge in [0.1, 0.15) is 6.09 Å². The van der Waals surface area contributed by atoms with Crippen LogP contribution in [0.2, 0.25) is 10.0 Å². The topological polar surface area (TPSA) is 107 Å². The molecule has 116 valence electrons. The highest BCUT2D eigenvalue weighted by Gasteiger charge is 2.18. The number of oxazole rings is 1. The van der Waals surface area contributed by atoms with E-state index < -0.39 is 12.0 Å². The van der Waals surface area contributed by atoms with Crippen LogP contribution in [0.1, 0.15) is 10.5 Å². The van der Waals surface area contributed by atoms with E-state index in [2.05, 4.69) is 10.3 Å². The van der Waals surface area contributed by atoms with Gasteiger partial charge in [0.2, 0.25) is 0 Å². The number of aromatic nitrogens is 1. The number of hydrogen-bond acceptors (Lipinski definition) is 5. The Labute approximate surface area is 135 Å². The molecule has 7 nitrogen and oxygen atoms in total. The van der Waals surface area contributed by atoms with E-state index in [1.165, 1.54) is 0 Å². The standard InChI is InChI=1S/C13H11Cl2N3O4/c14-8-2-1-7(5-9(8)15)11-10(18-6-22-11)12(19)16-3-4-17-13(20)21/h1-2,5-6,17H,3-4H2,(H,16,19)(H,20,21)/p-1. The number of nitrogens with zero attached hydrogens (tertiary/aromatic N) is 1. The Hall–Kier alpha value is -2.25. The van der Waals surface area contributed by atoms with Crippen molar-refractivity contribution >= 4 is 35.2 Å². The summed E-state index contributed by atoms with van der Waals surface area (Å²) in [5.74, 6) is -0.265. The van der Waals surface area contributed by atoms with Gasteiger partial charge in [-0.2, -0.15) is 0 Å². The molecule has 0 atom stereocenters. The maximum Gasteiger partial charge on any atom is 0.273 e. The minimum Gasteiger partial charge on any atom is -0.530 e. The second-order valence-corrected chi connectivity index (χ2v) is 4.94. The third-order valence-corrected chi connectivity index (χ3v) is 3.38. The van der Waals surface area contributed by atoms with Crippen molar-refractivity contribution in [2.24, 2.45) is 0 Å². The monoisotopic (exact) mass is 342 g/mol. The van der Waals surface area contributed by atoms with Crippen LogP contribution in [0.5, 0.6) is 0 Å². The summed E-state index contributed by atoms with van der Waals surface area (Å²) in [5, 5.41) is 15.4. The Morgan fingerprint density at radius 3 is 2.59 bits per heavy atom. The summed E-state index contributed by atoms with van der Waals surface area (Å²) in [5.41, 5.74) is 0.608. The van der Waals surface area contributed by atoms with Crippen LogP contribution >= 0.6 is 23.2 Å². The molecule has 0 radical (unpaired) electrons. The van der Waals surface area contributed by atoms with Crippen molar-refractivity contribution < 1.29 is 19.1 Å². The largest absolute Gasteiger partial charge is 0.530 e. The molecule has 0 saturated carbocycles. The Morgan fingerprint density at radius 2 is 1.91 bits per heavy atom. The van der Waals surface area contributed by atoms with E-state index in [9.17, 15) is 14.7 Å². The highest BCUT2D eigenvalue weighted by Crippen LogP contribution is 2.30. The lowest BCUT2D eigenvalue weighted by Crippen LogP contribution is -2.41. The molecule has 0 saturated heterocycles. The van der Waals surface area contributed by atoms with Crippen LogP contribution in [0.3, 0.4) is 0 Å². The summed E-state index contributed by atoms with van der Waals surface area (Å²) in [6, 6.07) is 4.77. The molecule has 0 spiro atoms. The lowest BCUT2D eigenvalue weighted by molar-refractivity contribution is -0.250. The predicted molar refractivity (Wildman–Crippen MR) is 77.7 cm³/mol. The van der Waals surface area contributed by atoms with E-state index in [0.29, 0.717) is 15.6 Å². The molecule has 0 aliphatic rings. The predicted octanol–water partition coefficient (Wildman–Crippen LogP) is 1.31. The number of rotatable bonds is 5. The number of carboxylic acid groups (broad SMARTS) is 1. The lowest BCUT2D eigenvalue weighted by Gasteiger charge is -2.07. The van der Waals surface area contributed by atoms with E-state index in [4.69, 9.17) is 27.6 Å². The first-order valence-corrected chi connectivity index (χ1v) is 6.86. The third kappa shape index (κ3) is 3.90. The van der Waals surface area contributed by atoms with E-state index in [0.717, 1.165) is 6.39 Å². The van der Waals surface area contributed by atoms with Crippen LogP contribution in [-0.2, 0) is 0 Å². The smallest absolute Gasteiger partial charge is 0.273 e. The van der Waals surface area contributed by atoms with Gasteiger partial charge in [0.15, 0.2) is 17.8 Å². The van der Waals surface area contributed by atoms with Crippen molar-refractivity contribution in [1.82, 2.24) is 15.6 Å². The highest BCUT2D eigenvalue weighted by molar-refractivity contribution is 6.42. The molecule has 2 aromatic rings. The summed E-state index contributed by atoms with van der Waals surface area (Å²) >= 11 is 11.8. The minimum atomic E-state index is -1.41. The van der Waals surface area contributed by atoms with Gasteiger partial charge in [-0.25, -0.2) is 4.98 Å². The van der Waals surface area contributed by atoms with Gasteiger partial charge in [-0.3, -0.25) is 4.79 Å². The molecule has 22 heavy (non-hydrogen) atoms. The van der Waals surface area contributed by atoms with Gasteiger partial charge >= 0.3 is 0 Å². The SMILES string of the molecule is O=C([O-])NCCNC(=O)c1ncoc1-c1ccc(Cl)c(Cl)c1. The lowest BCUT2D eigenvalue weighted by atomic mass is 10.1. The molecule has 2 N–H and O–H groups in total. The maximum absolute atomic E-state index is 12.0. The maximum atomic E-state index is 12.0. The van der Waals surface area contributed by atoms with Crippen LogP contribution in [0, 0.1) is 0 Å². The van der Waals surface area contributed by atoms with Gasteiger partial charge in [-0.15, -0.1) is 0 Å². The second-order valence-electron chi connectivity index (χ2n) is 4.13. The molecule has 2 rings (SSSR count). The van der Waals surface area contributed by atoms with Gasteiger partial charge in [-0.05, 0) is 18.2 Å². The summed E-state index contributed by atoms with van der Waals surface area (Å²) in [6.45, 7) is 0.106. The number of hydrogen-bond donors (Lipinski definition) is 2. The van der Waals surface area contributed by atoms with E-state index in [1.807, 2.05) is 5.32 Å². The molecule has 9 heteroatoms. The average Bonchev–Trinajstić information content (AvgIpc) is 2.95. The minimum absolute atomic E-state index is 0.0219. The molecule has 0 aliphatic heterocycles. The number of nitrogens with one attached hydrogen (secondary N) is 2. The van der Waals surface area contributed by atoms with Crippen LogP contribution in [-0.4, -0.2) is 30.1 Å². The van der Waals surface area contributed by atoms with Crippen LogP contribution in [0.25, 0.3) is 11.3 Å². The molecule has 1 heterocycles. The molecule has 2 amide bonds. The van der Waals surface area contributed by atoms with E-state index >= 15 is 0 Å². The first kappa shape index (κ1) is 16.1. The van der Waals surface area contributed by atoms with Gasteiger partial charge < -0.3 is 25.0 Å². The molecule has 0 aliphatic carbocycles. The van der Waals surface area contributed by atoms with Crippen molar-refractivity contribution in [1.29, 1.82) is 0 Å². The fourth-order valence-electron chi connectivity index (χ4n) is 1.67. The Morgan fingerprint density at radius 1 is 1.18 bits per heavy atom. The van der Waals surface area contributed by atoms with Gasteiger partial charge in [0.25, 0.3) is 5.91 Å². The highest BCUT2D eigenvalue weighted by atomic mass is 35.5. The first-order valence-electron chi connectivity index (χ1n) is 6.11. The molecule has 0 bridgehead atoms. The zero-order valence-electron chi connectivity index (χ0n) is 11.1. The number of benzene rings is 1. The first-order chi connectivity index (χ1) is 10.5. The van der Waals surface area contributed by atoms with Crippen molar-refractivity contribution in [3.8, 4) is 11.3 Å². The van der Waals surface area contributed by atoms with Crippen LogP contribution in [0.4, 0.5) is 4.79 Å². The molecule has 1 aromatic carbocycles. The summed E-state index contributed by atoms with van der Waals surface area (Å²) in [6.07, 6.45) is -0.279. The number of carbonyl (C=O) groups is 2. The summed E-state index contributed by atoms with van der Waals surface area (Å²) in [7, 11) is 0. The molecular formula is C13H10Cl2N3O4-. The van der Waals surface area contributed by atoms with Crippen molar-refractivity contribution in [3.05, 3.63) is 40.3 Å². The second kappa shape index (κ2) is 7.15. The quantitative estimate of drug-likeness (QED) is 0.796. The number of carbonyl (C=O) groups excluding carboxylic acids is 2. The van der Waals surface area contributed by atoms with Crippen molar-refractivity contribution in [2.75, 3.05) is 13.1 Å². The third-order valence-electron chi connectivity index (χ3n) is 2.64. The average molecular weight is 343 g/mol. The zero-order valence-corrected chi connectivity index (χ0v) is 12.6. The van der Waals surface area contributed by atoms with E-state index in [1.54, 1.807) is 18.2 Å². The van der Waals surface area contributed by atoms with Crippen LogP contribution in [0.15, 0.2) is 29.0 Å². The van der Waals surface area contributed by atoms with Crippen molar-refractivity contribution in [3.63, 3.8) is 0 Å². The van der Waals surface area contributed by atoms with Gasteiger partial charge in [0, 0.05) is 18.7 Å². The fourth-order valence-corrected chi connectivity index (χ4v) is 1.97. The number of halogens is 2. The molecule has 0 fully saturated rings. The summed E-state index contributed by atoms with van der Waals surface area (Å²) < 4.78 is 5.22. The number of amides is 2. The molecular weight excluding hydrogens is 333 g/mol. The van der Waals surface area contributed by atoms with Crippen molar-refractivity contribution in [2.45, 2.75) is 0 Å². The summed E-state index contributed by atoms with van der Waals surface area (Å²) in [4.78, 5) is 26.1. The molecule has 0 unspecified atom stereocenters.